The lowest BCUT2D eigenvalue weighted by atomic mass is 10.2. The Morgan fingerprint density at radius 3 is 2.17 bits per heavy atom. The van der Waals surface area contributed by atoms with Crippen LogP contribution in [0, 0.1) is 0 Å². The molecule has 0 atom stereocenters. The van der Waals surface area contributed by atoms with Crippen LogP contribution >= 0.6 is 0 Å². The zero-order valence-corrected chi connectivity index (χ0v) is 8.17. The van der Waals surface area contributed by atoms with Crippen LogP contribution in [0.15, 0.2) is 48.7 Å². The molecule has 12 heavy (non-hydrogen) atoms. The van der Waals surface area contributed by atoms with E-state index in [1.807, 2.05) is 39.2 Å². The minimum absolute atomic E-state index is 1.16. The van der Waals surface area contributed by atoms with Crippen LogP contribution in [0.4, 0.5) is 0 Å². The molecule has 1 heteroatoms. The maximum Gasteiger partial charge on any atom is 0.0390 e. The van der Waals surface area contributed by atoms with E-state index in [-0.39, 0.29) is 0 Å². The highest BCUT2D eigenvalue weighted by atomic mass is 15.1. The van der Waals surface area contributed by atoms with Gasteiger partial charge in [0.15, 0.2) is 0 Å². The van der Waals surface area contributed by atoms with Crippen LogP contribution in [-0.2, 0) is 0 Å². The Morgan fingerprint density at radius 1 is 1.25 bits per heavy atom. The smallest absolute Gasteiger partial charge is 0.0390 e. The first-order valence-electron chi connectivity index (χ1n) is 3.93. The van der Waals surface area contributed by atoms with Gasteiger partial charge in [-0.2, -0.15) is 0 Å². The molecule has 0 aromatic heterocycles. The molecule has 0 rings (SSSR count). The van der Waals surface area contributed by atoms with Crippen LogP contribution in [0.2, 0.25) is 0 Å². The van der Waals surface area contributed by atoms with Gasteiger partial charge < -0.3 is 4.90 Å². The van der Waals surface area contributed by atoms with Crippen LogP contribution in [-0.4, -0.2) is 19.0 Å². The van der Waals surface area contributed by atoms with Crippen molar-refractivity contribution in [3.63, 3.8) is 0 Å². The molecule has 0 saturated heterocycles. The van der Waals surface area contributed by atoms with E-state index in [0.29, 0.717) is 0 Å². The number of allylic oxidation sites excluding steroid dienone is 5. The molecule has 1 nitrogen and oxygen atoms in total. The minimum Gasteiger partial charge on any atom is -0.377 e. The second-order valence-electron chi connectivity index (χ2n) is 2.76. The summed E-state index contributed by atoms with van der Waals surface area (Å²) < 4.78 is 0. The predicted octanol–water partition coefficient (Wildman–Crippen LogP) is 2.75. The van der Waals surface area contributed by atoms with E-state index in [1.165, 1.54) is 0 Å². The fraction of sp³-hybridized carbons (Fsp3) is 0.273. The van der Waals surface area contributed by atoms with Crippen molar-refractivity contribution in [2.45, 2.75) is 6.92 Å². The van der Waals surface area contributed by atoms with Crippen molar-refractivity contribution >= 4 is 0 Å². The van der Waals surface area contributed by atoms with Crippen LogP contribution in [0.1, 0.15) is 6.92 Å². The lowest BCUT2D eigenvalue weighted by molar-refractivity contribution is 0.525. The van der Waals surface area contributed by atoms with Crippen LogP contribution < -0.4 is 0 Å². The summed E-state index contributed by atoms with van der Waals surface area (Å²) >= 11 is 0. The minimum atomic E-state index is 1.16. The van der Waals surface area contributed by atoms with E-state index in [1.54, 1.807) is 6.08 Å². The third-order valence-electron chi connectivity index (χ3n) is 1.58. The van der Waals surface area contributed by atoms with Crippen molar-refractivity contribution < 1.29 is 0 Å². The molecule has 0 heterocycles. The van der Waals surface area contributed by atoms with Gasteiger partial charge in [-0.25, -0.2) is 0 Å². The molecule has 0 saturated carbocycles. The standard InChI is InChI=1S/C11H17N/c1-6-8-9-11(12(4)5)10(3)7-2/h6-9H,1-2H2,3-5H3/b9-8-,11-10+. The van der Waals surface area contributed by atoms with E-state index < -0.39 is 0 Å². The van der Waals surface area contributed by atoms with E-state index in [9.17, 15) is 0 Å². The molecule has 0 aromatic rings. The average Bonchev–Trinajstić information content (AvgIpc) is 2.04. The first-order chi connectivity index (χ1) is 5.63. The number of rotatable bonds is 4. The highest BCUT2D eigenvalue weighted by molar-refractivity contribution is 5.30. The second-order valence-corrected chi connectivity index (χ2v) is 2.76. The van der Waals surface area contributed by atoms with Gasteiger partial charge in [-0.3, -0.25) is 0 Å². The Hall–Kier alpha value is -1.24. The van der Waals surface area contributed by atoms with E-state index in [2.05, 4.69) is 18.1 Å². The molecule has 0 radical (unpaired) electrons. The average molecular weight is 163 g/mol. The topological polar surface area (TPSA) is 3.24 Å². The van der Waals surface area contributed by atoms with Crippen molar-refractivity contribution in [2.24, 2.45) is 0 Å². The van der Waals surface area contributed by atoms with Crippen LogP contribution in [0.3, 0.4) is 0 Å². The normalized spacial score (nSPS) is 12.6. The fourth-order valence-corrected chi connectivity index (χ4v) is 0.897. The van der Waals surface area contributed by atoms with Gasteiger partial charge in [-0.1, -0.05) is 31.4 Å². The summed E-state index contributed by atoms with van der Waals surface area (Å²) in [5, 5.41) is 0. The molecule has 0 aromatic carbocycles. The lowest BCUT2D eigenvalue weighted by Crippen LogP contribution is -2.10. The molecule has 0 amide bonds. The zero-order chi connectivity index (χ0) is 9.56. The number of likely N-dealkylation sites (N-methyl/N-ethyl adjacent to an activating group) is 1. The molecule has 0 spiro atoms. The van der Waals surface area contributed by atoms with E-state index in [4.69, 9.17) is 0 Å². The van der Waals surface area contributed by atoms with Crippen molar-refractivity contribution in [1.82, 2.24) is 4.90 Å². The summed E-state index contributed by atoms with van der Waals surface area (Å²) in [5.41, 5.74) is 2.32. The van der Waals surface area contributed by atoms with Crippen molar-refractivity contribution in [1.29, 1.82) is 0 Å². The van der Waals surface area contributed by atoms with Gasteiger partial charge in [0.05, 0.1) is 0 Å². The van der Waals surface area contributed by atoms with Crippen LogP contribution in [0.25, 0.3) is 0 Å². The van der Waals surface area contributed by atoms with Gasteiger partial charge in [0.25, 0.3) is 0 Å². The third kappa shape index (κ3) is 3.24. The molecule has 0 aliphatic rings. The van der Waals surface area contributed by atoms with Crippen molar-refractivity contribution in [3.05, 3.63) is 48.7 Å². The van der Waals surface area contributed by atoms with Crippen molar-refractivity contribution in [2.75, 3.05) is 14.1 Å². The van der Waals surface area contributed by atoms with Crippen LogP contribution in [0.5, 0.6) is 0 Å². The van der Waals surface area contributed by atoms with E-state index in [0.717, 1.165) is 11.3 Å². The predicted molar refractivity (Wildman–Crippen MR) is 55.9 cm³/mol. The molecular formula is C11H17N. The number of hydrogen-bond acceptors (Lipinski definition) is 1. The number of hydrogen-bond donors (Lipinski definition) is 0. The summed E-state index contributed by atoms with van der Waals surface area (Å²) in [4.78, 5) is 2.05. The molecule has 0 aliphatic carbocycles. The largest absolute Gasteiger partial charge is 0.377 e. The third-order valence-corrected chi connectivity index (χ3v) is 1.58. The first kappa shape index (κ1) is 10.8. The Kier molecular flexibility index (Phi) is 4.86. The Bertz CT molecular complexity index is 219. The quantitative estimate of drug-likeness (QED) is 0.576. The van der Waals surface area contributed by atoms with Gasteiger partial charge >= 0.3 is 0 Å². The van der Waals surface area contributed by atoms with E-state index >= 15 is 0 Å². The summed E-state index contributed by atoms with van der Waals surface area (Å²) in [6.45, 7) is 9.39. The highest BCUT2D eigenvalue weighted by Gasteiger charge is 1.96. The number of nitrogens with zero attached hydrogens (tertiary/aromatic N) is 1. The monoisotopic (exact) mass is 163 g/mol. The summed E-state index contributed by atoms with van der Waals surface area (Å²) in [6, 6.07) is 0. The molecule has 0 N–H and O–H groups in total. The molecule has 0 bridgehead atoms. The van der Waals surface area contributed by atoms with Gasteiger partial charge in [0.2, 0.25) is 0 Å². The lowest BCUT2D eigenvalue weighted by Gasteiger charge is -2.15. The first-order valence-corrected chi connectivity index (χ1v) is 3.93. The Labute approximate surface area is 75.4 Å². The molecule has 0 aliphatic heterocycles. The highest BCUT2D eigenvalue weighted by Crippen LogP contribution is 2.08. The van der Waals surface area contributed by atoms with Gasteiger partial charge in [-0.05, 0) is 18.6 Å². The van der Waals surface area contributed by atoms with Crippen molar-refractivity contribution in [3.8, 4) is 0 Å². The SMILES string of the molecule is C=C/C=C\C(=C(\C)C=C)N(C)C. The fourth-order valence-electron chi connectivity index (χ4n) is 0.897. The second kappa shape index (κ2) is 5.42. The van der Waals surface area contributed by atoms with Gasteiger partial charge in [0.1, 0.15) is 0 Å². The Morgan fingerprint density at radius 2 is 1.83 bits per heavy atom. The zero-order valence-electron chi connectivity index (χ0n) is 8.17. The summed E-state index contributed by atoms with van der Waals surface area (Å²) in [5.74, 6) is 0. The summed E-state index contributed by atoms with van der Waals surface area (Å²) in [7, 11) is 4.02. The molecule has 66 valence electrons. The maximum absolute atomic E-state index is 3.73. The van der Waals surface area contributed by atoms with Gasteiger partial charge in [-0.15, -0.1) is 0 Å². The molecule has 0 fully saturated rings. The molecular weight excluding hydrogens is 146 g/mol. The summed E-state index contributed by atoms with van der Waals surface area (Å²) in [6.07, 6.45) is 7.55. The maximum atomic E-state index is 3.73. The molecule has 0 unspecified atom stereocenters. The Balaban J connectivity index is 4.77. The van der Waals surface area contributed by atoms with Gasteiger partial charge in [0, 0.05) is 19.8 Å².